The Bertz CT molecular complexity index is 29.5. The third kappa shape index (κ3) is 9.42. The predicted molar refractivity (Wildman–Crippen MR) is 20.4 cm³/mol. The largest absolute Gasteiger partial charge is 0.185 e. The Balaban J connectivity index is 0. The molecule has 0 heterocycles. The van der Waals surface area contributed by atoms with Gasteiger partial charge in [0, 0.05) is 58.2 Å². The minimum absolute atomic E-state index is 0. The van der Waals surface area contributed by atoms with E-state index in [0.717, 1.165) is 0 Å². The maximum Gasteiger partial charge on any atom is 0.130 e. The fourth-order valence-corrected chi connectivity index (χ4v) is 0. The molecule has 0 aliphatic heterocycles. The molecular weight excluding hydrogens is 144 g/mol. The van der Waals surface area contributed by atoms with E-state index in [-0.39, 0.29) is 58.2 Å². The van der Waals surface area contributed by atoms with Crippen LogP contribution in [-0.2, 0) is 0 Å². The van der Waals surface area contributed by atoms with Crippen molar-refractivity contribution in [3.8, 4) is 5.40 Å². The van der Waals surface area contributed by atoms with Gasteiger partial charge in [0.15, 0.2) is 0 Å². The molecule has 0 aromatic carbocycles. The minimum Gasteiger partial charge on any atom is -0.185 e. The standard InChI is InChI=1S/CHNS.Rb/c2-1-3;/h3H;. The molecule has 0 saturated carbocycles. The molecule has 1 nitrogen and oxygen atoms in total. The summed E-state index contributed by atoms with van der Waals surface area (Å²) in [6.07, 6.45) is 0. The summed E-state index contributed by atoms with van der Waals surface area (Å²) in [5.41, 5.74) is 0. The topological polar surface area (TPSA) is 23.8 Å². The van der Waals surface area contributed by atoms with Crippen LogP contribution in [0.2, 0.25) is 0 Å². The number of hydrogen-bond acceptors (Lipinski definition) is 2. The van der Waals surface area contributed by atoms with Crippen molar-refractivity contribution in [2.75, 3.05) is 0 Å². The summed E-state index contributed by atoms with van der Waals surface area (Å²) in [7, 11) is 0. The smallest absolute Gasteiger partial charge is 0.130 e. The van der Waals surface area contributed by atoms with Crippen molar-refractivity contribution in [2.24, 2.45) is 0 Å². The number of thiol groups is 1. The van der Waals surface area contributed by atoms with Crippen molar-refractivity contribution in [3.63, 3.8) is 0 Å². The van der Waals surface area contributed by atoms with Crippen molar-refractivity contribution in [1.82, 2.24) is 0 Å². The van der Waals surface area contributed by atoms with Crippen LogP contribution in [0.5, 0.6) is 0 Å². The normalized spacial score (nSPS) is 2.00. The monoisotopic (exact) mass is 144 g/mol. The molecule has 0 aliphatic carbocycles. The molecule has 0 rings (SSSR count). The van der Waals surface area contributed by atoms with Crippen LogP contribution in [0.15, 0.2) is 0 Å². The van der Waals surface area contributed by atoms with E-state index in [1.54, 1.807) is 0 Å². The summed E-state index contributed by atoms with van der Waals surface area (Å²) in [6, 6.07) is 0. The fourth-order valence-electron chi connectivity index (χ4n) is 0. The Hall–Kier alpha value is 1.65. The first kappa shape index (κ1) is 9.17. The Kier molecular flexibility index (Phi) is 20.2. The summed E-state index contributed by atoms with van der Waals surface area (Å²) in [4.78, 5) is 0. The molecule has 0 unspecified atom stereocenters. The van der Waals surface area contributed by atoms with E-state index in [0.29, 0.717) is 0 Å². The molecule has 0 fully saturated rings. The molecule has 17 valence electrons. The van der Waals surface area contributed by atoms with Gasteiger partial charge in [0.1, 0.15) is 5.40 Å². The maximum atomic E-state index is 7.18. The Labute approximate surface area is 79.6 Å². The number of hydrogen-bond donors (Lipinski definition) is 1. The van der Waals surface area contributed by atoms with Gasteiger partial charge in [-0.3, -0.25) is 0 Å². The van der Waals surface area contributed by atoms with Gasteiger partial charge in [0.05, 0.1) is 0 Å². The maximum absolute atomic E-state index is 7.18. The van der Waals surface area contributed by atoms with Crippen LogP contribution in [0.1, 0.15) is 0 Å². The van der Waals surface area contributed by atoms with Gasteiger partial charge < -0.3 is 0 Å². The molecular formula is CHNRbS. The van der Waals surface area contributed by atoms with E-state index in [9.17, 15) is 0 Å². The number of rotatable bonds is 0. The van der Waals surface area contributed by atoms with Gasteiger partial charge in [-0.25, -0.2) is 0 Å². The molecule has 0 atom stereocenters. The number of nitriles is 1. The Morgan fingerprint density at radius 1 is 1.75 bits per heavy atom. The van der Waals surface area contributed by atoms with Crippen molar-refractivity contribution in [1.29, 1.82) is 5.26 Å². The average molecular weight is 145 g/mol. The van der Waals surface area contributed by atoms with E-state index in [2.05, 4.69) is 12.6 Å². The Morgan fingerprint density at radius 3 is 1.75 bits per heavy atom. The fraction of sp³-hybridized carbons (Fsp3) is 0. The number of nitrogens with zero attached hydrogens (tertiary/aromatic N) is 1. The van der Waals surface area contributed by atoms with Gasteiger partial charge >= 0.3 is 0 Å². The molecule has 0 aromatic heterocycles. The summed E-state index contributed by atoms with van der Waals surface area (Å²) in [5, 5.41) is 8.63. The minimum atomic E-state index is 0. The van der Waals surface area contributed by atoms with Crippen LogP contribution in [0.4, 0.5) is 0 Å². The molecule has 1 radical (unpaired) electrons. The predicted octanol–water partition coefficient (Wildman–Crippen LogP) is 0.0165. The summed E-state index contributed by atoms with van der Waals surface area (Å²) >= 11 is 3.09. The van der Waals surface area contributed by atoms with Crippen molar-refractivity contribution >= 4 is 70.8 Å². The summed E-state index contributed by atoms with van der Waals surface area (Å²) < 4.78 is 0. The zero-order valence-electron chi connectivity index (χ0n) is 2.39. The van der Waals surface area contributed by atoms with Gasteiger partial charge in [-0.2, -0.15) is 5.26 Å². The van der Waals surface area contributed by atoms with Crippen molar-refractivity contribution in [2.45, 2.75) is 0 Å². The van der Waals surface area contributed by atoms with Crippen molar-refractivity contribution < 1.29 is 0 Å². The van der Waals surface area contributed by atoms with E-state index < -0.39 is 0 Å². The molecule has 0 spiro atoms. The van der Waals surface area contributed by atoms with Crippen LogP contribution in [-0.4, -0.2) is 58.2 Å². The van der Waals surface area contributed by atoms with Gasteiger partial charge in [0.2, 0.25) is 0 Å². The molecule has 0 saturated heterocycles. The van der Waals surface area contributed by atoms with Gasteiger partial charge in [-0.15, -0.1) is 0 Å². The van der Waals surface area contributed by atoms with Crippen LogP contribution >= 0.6 is 12.6 Å². The van der Waals surface area contributed by atoms with E-state index in [1.165, 1.54) is 5.40 Å². The summed E-state index contributed by atoms with van der Waals surface area (Å²) in [6.45, 7) is 0. The molecule has 0 aliphatic rings. The van der Waals surface area contributed by atoms with E-state index in [4.69, 9.17) is 5.26 Å². The van der Waals surface area contributed by atoms with Crippen LogP contribution in [0, 0.1) is 10.7 Å². The first-order chi connectivity index (χ1) is 1.41. The second-order valence-electron chi connectivity index (χ2n) is 0.100. The SMILES string of the molecule is N#CS.[Rb]. The molecule has 0 aromatic rings. The molecule has 0 amide bonds. The third-order valence-electron chi connectivity index (χ3n) is 0. The third-order valence-corrected chi connectivity index (χ3v) is 0. The Morgan fingerprint density at radius 2 is 1.75 bits per heavy atom. The van der Waals surface area contributed by atoms with Crippen LogP contribution in [0.3, 0.4) is 0 Å². The molecule has 0 bridgehead atoms. The van der Waals surface area contributed by atoms with E-state index in [1.807, 2.05) is 0 Å². The summed E-state index contributed by atoms with van der Waals surface area (Å²) in [5.74, 6) is 0. The first-order valence-electron chi connectivity index (χ1n) is 0.447. The number of thiocyanates is 1. The quantitative estimate of drug-likeness (QED) is 0.376. The second kappa shape index (κ2) is 8.82. The first-order valence-corrected chi connectivity index (χ1v) is 0.894. The molecule has 0 N–H and O–H groups in total. The van der Waals surface area contributed by atoms with Crippen LogP contribution < -0.4 is 0 Å². The van der Waals surface area contributed by atoms with Gasteiger partial charge in [0.25, 0.3) is 0 Å². The van der Waals surface area contributed by atoms with Gasteiger partial charge in [-0.05, 0) is 0 Å². The van der Waals surface area contributed by atoms with Gasteiger partial charge in [-0.1, -0.05) is 12.6 Å². The van der Waals surface area contributed by atoms with Crippen LogP contribution in [0.25, 0.3) is 0 Å². The average Bonchev–Trinajstić information content (AvgIpc) is 0.918. The zero-order valence-corrected chi connectivity index (χ0v) is 8.20. The molecule has 3 heteroatoms. The van der Waals surface area contributed by atoms with E-state index >= 15 is 0 Å². The second-order valence-corrected chi connectivity index (χ2v) is 0.300. The van der Waals surface area contributed by atoms with Crippen molar-refractivity contribution in [3.05, 3.63) is 0 Å². The molecule has 4 heavy (non-hydrogen) atoms. The zero-order chi connectivity index (χ0) is 2.71.